The third-order valence-electron chi connectivity index (χ3n) is 2.35. The molecule has 3 nitrogen and oxygen atoms in total. The highest BCUT2D eigenvalue weighted by Crippen LogP contribution is 2.28. The van der Waals surface area contributed by atoms with Gasteiger partial charge in [-0.25, -0.2) is 0 Å². The smallest absolute Gasteiger partial charge is 0.161 e. The topological polar surface area (TPSA) is 30.8 Å². The van der Waals surface area contributed by atoms with Crippen molar-refractivity contribution < 1.29 is 9.47 Å². The number of methoxy groups -OCH3 is 2. The Morgan fingerprint density at radius 2 is 1.63 bits per heavy atom. The van der Waals surface area contributed by atoms with Crippen LogP contribution in [0.1, 0.15) is 33.3 Å². The van der Waals surface area contributed by atoms with Gasteiger partial charge in [-0.2, -0.15) is 0 Å². The molecule has 0 amide bonds. The molecule has 0 radical (unpaired) electrons. The number of nitrogens with zero attached hydrogens (tertiary/aromatic N) is 1. The van der Waals surface area contributed by atoms with Gasteiger partial charge in [-0.05, 0) is 38.1 Å². The van der Waals surface area contributed by atoms with Gasteiger partial charge in [-0.15, -0.1) is 0 Å². The third-order valence-corrected chi connectivity index (χ3v) is 2.35. The maximum absolute atomic E-state index is 5.28. The predicted molar refractivity (Wildman–Crippen MR) is 82.8 cm³/mol. The van der Waals surface area contributed by atoms with E-state index >= 15 is 0 Å². The zero-order valence-corrected chi connectivity index (χ0v) is 13.1. The summed E-state index contributed by atoms with van der Waals surface area (Å²) in [5.74, 6) is 1.44. The van der Waals surface area contributed by atoms with E-state index in [9.17, 15) is 0 Å². The van der Waals surface area contributed by atoms with Crippen LogP contribution in [0.5, 0.6) is 11.5 Å². The quantitative estimate of drug-likeness (QED) is 0.765. The fraction of sp³-hybridized carbons (Fsp3) is 0.438. The SMILES string of the molecule is CC.CN=C(C=C(C)C)c1ccc(OC)c(OC)c1. The van der Waals surface area contributed by atoms with Gasteiger partial charge in [-0.1, -0.05) is 19.4 Å². The summed E-state index contributed by atoms with van der Waals surface area (Å²) in [6.45, 7) is 8.10. The Labute approximate surface area is 117 Å². The fourth-order valence-corrected chi connectivity index (χ4v) is 1.55. The molecule has 0 atom stereocenters. The Bertz CT molecular complexity index is 444. The van der Waals surface area contributed by atoms with Crippen molar-refractivity contribution in [2.75, 3.05) is 21.3 Å². The van der Waals surface area contributed by atoms with Crippen LogP contribution in [0.3, 0.4) is 0 Å². The minimum atomic E-state index is 0.716. The van der Waals surface area contributed by atoms with Crippen LogP contribution in [0.25, 0.3) is 0 Å². The molecule has 0 aliphatic heterocycles. The molecule has 0 fully saturated rings. The zero-order chi connectivity index (χ0) is 14.8. The third kappa shape index (κ3) is 5.16. The summed E-state index contributed by atoms with van der Waals surface area (Å²) >= 11 is 0. The first-order chi connectivity index (χ1) is 9.12. The van der Waals surface area contributed by atoms with Crippen molar-refractivity contribution in [3.05, 3.63) is 35.4 Å². The molecule has 1 aromatic rings. The van der Waals surface area contributed by atoms with E-state index in [0.29, 0.717) is 5.75 Å². The van der Waals surface area contributed by atoms with Crippen molar-refractivity contribution in [2.24, 2.45) is 4.99 Å². The normalized spacial score (nSPS) is 10.2. The van der Waals surface area contributed by atoms with Crippen LogP contribution in [0, 0.1) is 0 Å². The molecule has 1 rings (SSSR count). The van der Waals surface area contributed by atoms with E-state index in [-0.39, 0.29) is 0 Å². The number of ether oxygens (including phenoxy) is 2. The van der Waals surface area contributed by atoms with E-state index in [1.165, 1.54) is 5.57 Å². The maximum atomic E-state index is 5.28. The molecule has 1 aromatic carbocycles. The summed E-state index contributed by atoms with van der Waals surface area (Å²) in [6.07, 6.45) is 2.04. The summed E-state index contributed by atoms with van der Waals surface area (Å²) in [5, 5.41) is 0. The summed E-state index contributed by atoms with van der Waals surface area (Å²) in [4.78, 5) is 4.27. The van der Waals surface area contributed by atoms with Crippen LogP contribution in [-0.2, 0) is 0 Å². The van der Waals surface area contributed by atoms with Crippen molar-refractivity contribution in [3.63, 3.8) is 0 Å². The largest absolute Gasteiger partial charge is 0.493 e. The lowest BCUT2D eigenvalue weighted by atomic mass is 10.1. The highest BCUT2D eigenvalue weighted by Gasteiger charge is 2.07. The molecule has 0 saturated heterocycles. The molecule has 106 valence electrons. The molecular formula is C16H25NO2. The van der Waals surface area contributed by atoms with Gasteiger partial charge in [0.05, 0.1) is 19.9 Å². The Hall–Kier alpha value is -1.77. The first kappa shape index (κ1) is 17.2. The average molecular weight is 263 g/mol. The van der Waals surface area contributed by atoms with Crippen molar-refractivity contribution in [3.8, 4) is 11.5 Å². The zero-order valence-electron chi connectivity index (χ0n) is 13.1. The summed E-state index contributed by atoms with van der Waals surface area (Å²) in [5.41, 5.74) is 3.16. The van der Waals surface area contributed by atoms with Gasteiger partial charge in [0, 0.05) is 12.6 Å². The Kier molecular flexibility index (Phi) is 8.34. The monoisotopic (exact) mass is 263 g/mol. The number of allylic oxidation sites excluding steroid dienone is 2. The molecule has 0 spiro atoms. The van der Waals surface area contributed by atoms with Gasteiger partial charge in [0.2, 0.25) is 0 Å². The van der Waals surface area contributed by atoms with Crippen molar-refractivity contribution in [2.45, 2.75) is 27.7 Å². The average Bonchev–Trinajstić information content (AvgIpc) is 2.45. The molecule has 0 aliphatic carbocycles. The van der Waals surface area contributed by atoms with Gasteiger partial charge >= 0.3 is 0 Å². The van der Waals surface area contributed by atoms with Gasteiger partial charge in [0.1, 0.15) is 0 Å². The van der Waals surface area contributed by atoms with Gasteiger partial charge in [0.25, 0.3) is 0 Å². The van der Waals surface area contributed by atoms with Crippen LogP contribution >= 0.6 is 0 Å². The lowest BCUT2D eigenvalue weighted by Gasteiger charge is -2.09. The van der Waals surface area contributed by atoms with Gasteiger partial charge < -0.3 is 9.47 Å². The summed E-state index contributed by atoms with van der Waals surface area (Å²) < 4.78 is 10.5. The lowest BCUT2D eigenvalue weighted by Crippen LogP contribution is -1.99. The van der Waals surface area contributed by atoms with Crippen LogP contribution in [0.15, 0.2) is 34.8 Å². The first-order valence-electron chi connectivity index (χ1n) is 6.46. The van der Waals surface area contributed by atoms with E-state index < -0.39 is 0 Å². The summed E-state index contributed by atoms with van der Waals surface area (Å²) in [6, 6.07) is 5.79. The molecule has 0 heterocycles. The number of hydrogen-bond donors (Lipinski definition) is 0. The standard InChI is InChI=1S/C14H19NO2.C2H6/c1-10(2)8-12(15-3)11-6-7-13(16-4)14(9-11)17-5;1-2/h6-9H,1-5H3;1-2H3. The molecular weight excluding hydrogens is 238 g/mol. The van der Waals surface area contributed by atoms with Crippen molar-refractivity contribution in [1.29, 1.82) is 0 Å². The van der Waals surface area contributed by atoms with E-state index in [1.807, 2.05) is 52.0 Å². The van der Waals surface area contributed by atoms with E-state index in [2.05, 4.69) is 4.99 Å². The molecule has 0 bridgehead atoms. The highest BCUT2D eigenvalue weighted by molar-refractivity contribution is 6.09. The van der Waals surface area contributed by atoms with E-state index in [1.54, 1.807) is 21.3 Å². The Morgan fingerprint density at radius 1 is 1.05 bits per heavy atom. The number of rotatable bonds is 4. The van der Waals surface area contributed by atoms with Gasteiger partial charge in [0.15, 0.2) is 11.5 Å². The minimum absolute atomic E-state index is 0.716. The lowest BCUT2D eigenvalue weighted by molar-refractivity contribution is 0.355. The second-order valence-corrected chi connectivity index (χ2v) is 3.90. The molecule has 0 saturated carbocycles. The van der Waals surface area contributed by atoms with E-state index in [4.69, 9.17) is 9.47 Å². The number of aliphatic imine (C=N–C) groups is 1. The predicted octanol–water partition coefficient (Wildman–Crippen LogP) is 4.12. The minimum Gasteiger partial charge on any atom is -0.493 e. The molecule has 0 aromatic heterocycles. The number of benzene rings is 1. The van der Waals surface area contributed by atoms with Gasteiger partial charge in [-0.3, -0.25) is 4.99 Å². The van der Waals surface area contributed by atoms with Crippen LogP contribution in [0.4, 0.5) is 0 Å². The first-order valence-corrected chi connectivity index (χ1v) is 6.46. The highest BCUT2D eigenvalue weighted by atomic mass is 16.5. The van der Waals surface area contributed by atoms with Crippen LogP contribution in [0.2, 0.25) is 0 Å². The second-order valence-electron chi connectivity index (χ2n) is 3.90. The van der Waals surface area contributed by atoms with E-state index in [0.717, 1.165) is 17.0 Å². The van der Waals surface area contributed by atoms with Crippen LogP contribution in [-0.4, -0.2) is 27.0 Å². The Balaban J connectivity index is 0.00000154. The summed E-state index contributed by atoms with van der Waals surface area (Å²) in [7, 11) is 5.04. The molecule has 3 heteroatoms. The maximum Gasteiger partial charge on any atom is 0.161 e. The van der Waals surface area contributed by atoms with Crippen molar-refractivity contribution in [1.82, 2.24) is 0 Å². The second kappa shape index (κ2) is 9.20. The molecule has 0 aliphatic rings. The van der Waals surface area contributed by atoms with Crippen LogP contribution < -0.4 is 9.47 Å². The number of hydrogen-bond acceptors (Lipinski definition) is 3. The van der Waals surface area contributed by atoms with Crippen molar-refractivity contribution >= 4 is 5.71 Å². The molecule has 0 unspecified atom stereocenters. The Morgan fingerprint density at radius 3 is 2.05 bits per heavy atom. The molecule has 19 heavy (non-hydrogen) atoms. The fourth-order valence-electron chi connectivity index (χ4n) is 1.55. The molecule has 0 N–H and O–H groups in total.